The summed E-state index contributed by atoms with van der Waals surface area (Å²) in [6.07, 6.45) is -3.82. The number of hydrogen-bond donors (Lipinski definition) is 0. The first-order valence-electron chi connectivity index (χ1n) is 5.20. The molecule has 0 aromatic carbocycles. The first-order valence-corrected chi connectivity index (χ1v) is 5.20. The molecule has 0 aliphatic carbocycles. The molecule has 0 aromatic rings. The normalized spacial score (nSPS) is 18.9. The summed E-state index contributed by atoms with van der Waals surface area (Å²) in [5.74, 6) is -8.07. The van der Waals surface area contributed by atoms with E-state index in [-0.39, 0.29) is 19.8 Å². The molecule has 0 rings (SSSR count). The van der Waals surface area contributed by atoms with Crippen molar-refractivity contribution in [2.45, 2.75) is 52.2 Å². The van der Waals surface area contributed by atoms with Crippen molar-refractivity contribution in [1.82, 2.24) is 0 Å². The van der Waals surface area contributed by atoms with E-state index in [1.54, 1.807) is 13.8 Å². The zero-order valence-electron chi connectivity index (χ0n) is 10.2. The van der Waals surface area contributed by atoms with Crippen LogP contribution < -0.4 is 0 Å². The Morgan fingerprint density at radius 3 is 1.88 bits per heavy atom. The average Bonchev–Trinajstić information content (AvgIpc) is 2.10. The lowest BCUT2D eigenvalue weighted by Gasteiger charge is -2.30. The lowest BCUT2D eigenvalue weighted by molar-refractivity contribution is -0.464. The van der Waals surface area contributed by atoms with Crippen LogP contribution >= 0.6 is 0 Å². The Labute approximate surface area is 97.1 Å². The van der Waals surface area contributed by atoms with Gasteiger partial charge < -0.3 is 0 Å². The second-order valence-corrected chi connectivity index (χ2v) is 4.20. The van der Waals surface area contributed by atoms with Gasteiger partial charge in [-0.25, -0.2) is 13.2 Å². The van der Waals surface area contributed by atoms with Gasteiger partial charge in [0.05, 0.1) is 6.61 Å². The summed E-state index contributed by atoms with van der Waals surface area (Å²) < 4.78 is 71.6. The first-order chi connectivity index (χ1) is 7.41. The monoisotopic (exact) mass is 264 g/mol. The summed E-state index contributed by atoms with van der Waals surface area (Å²) in [6.45, 7) is 3.34. The second kappa shape index (κ2) is 5.48. The maximum Gasteiger partial charge on any atom is 0.488 e. The summed E-state index contributed by atoms with van der Waals surface area (Å²) in [6, 6.07) is 0. The van der Waals surface area contributed by atoms with E-state index in [9.17, 15) is 22.0 Å². The van der Waals surface area contributed by atoms with Gasteiger partial charge in [0.1, 0.15) is 0 Å². The van der Waals surface area contributed by atoms with Crippen LogP contribution in [-0.2, 0) is 9.47 Å². The fourth-order valence-corrected chi connectivity index (χ4v) is 0.699. The zero-order valence-corrected chi connectivity index (χ0v) is 10.2. The van der Waals surface area contributed by atoms with Crippen molar-refractivity contribution >= 4 is 0 Å². The minimum absolute atomic E-state index is 0.151. The Morgan fingerprint density at radius 1 is 1.06 bits per heavy atom. The molecule has 0 N–H and O–H groups in total. The molecule has 0 fully saturated rings. The molecule has 0 heterocycles. The highest BCUT2D eigenvalue weighted by atomic mass is 19.3. The fraction of sp³-hybridized carbons (Fsp3) is 1.00. The largest absolute Gasteiger partial charge is 0.488 e. The molecular formula is C10H17F5O2. The van der Waals surface area contributed by atoms with Crippen molar-refractivity contribution in [2.24, 2.45) is 5.92 Å². The molecule has 0 aromatic heterocycles. The highest BCUT2D eigenvalue weighted by Crippen LogP contribution is 2.37. The standard InChI is InChI=1S/C10H17F5O2/c1-5-7(2)6-16-10(14,15)17-9(4,13)8(3,11)12/h7H,5-6H2,1-4H3. The van der Waals surface area contributed by atoms with E-state index in [2.05, 4.69) is 9.47 Å². The Balaban J connectivity index is 4.44. The molecule has 7 heteroatoms. The molecule has 2 unspecified atom stereocenters. The van der Waals surface area contributed by atoms with E-state index in [0.717, 1.165) is 0 Å². The predicted molar refractivity (Wildman–Crippen MR) is 51.6 cm³/mol. The van der Waals surface area contributed by atoms with Crippen molar-refractivity contribution in [2.75, 3.05) is 6.61 Å². The summed E-state index contributed by atoms with van der Waals surface area (Å²) in [7, 11) is 0. The van der Waals surface area contributed by atoms with E-state index in [1.807, 2.05) is 0 Å². The van der Waals surface area contributed by atoms with Crippen LogP contribution in [0.25, 0.3) is 0 Å². The van der Waals surface area contributed by atoms with Gasteiger partial charge in [-0.2, -0.15) is 0 Å². The maximum absolute atomic E-state index is 13.2. The van der Waals surface area contributed by atoms with E-state index in [4.69, 9.17) is 0 Å². The molecule has 0 aliphatic heterocycles. The van der Waals surface area contributed by atoms with Crippen LogP contribution in [0.1, 0.15) is 34.1 Å². The molecule has 0 saturated heterocycles. The molecule has 0 aliphatic rings. The Morgan fingerprint density at radius 2 is 1.53 bits per heavy atom. The molecule has 0 amide bonds. The van der Waals surface area contributed by atoms with Crippen LogP contribution in [0, 0.1) is 5.92 Å². The smallest absolute Gasteiger partial charge is 0.295 e. The highest BCUT2D eigenvalue weighted by Gasteiger charge is 2.55. The summed E-state index contributed by atoms with van der Waals surface area (Å²) in [4.78, 5) is 0. The van der Waals surface area contributed by atoms with Gasteiger partial charge in [-0.15, -0.1) is 8.78 Å². The number of ether oxygens (including phenoxy) is 2. The van der Waals surface area contributed by atoms with Crippen LogP contribution in [0.2, 0.25) is 0 Å². The van der Waals surface area contributed by atoms with Crippen LogP contribution in [0.3, 0.4) is 0 Å². The van der Waals surface area contributed by atoms with Crippen molar-refractivity contribution in [1.29, 1.82) is 0 Å². The number of rotatable bonds is 7. The van der Waals surface area contributed by atoms with Crippen LogP contribution in [0.4, 0.5) is 22.0 Å². The fourth-order valence-electron chi connectivity index (χ4n) is 0.699. The highest BCUT2D eigenvalue weighted by molar-refractivity contribution is 4.77. The minimum Gasteiger partial charge on any atom is -0.295 e. The van der Waals surface area contributed by atoms with Crippen LogP contribution in [0.5, 0.6) is 0 Å². The van der Waals surface area contributed by atoms with Crippen molar-refractivity contribution in [3.05, 3.63) is 0 Å². The third kappa shape index (κ3) is 5.63. The van der Waals surface area contributed by atoms with Gasteiger partial charge in [0.15, 0.2) is 0 Å². The van der Waals surface area contributed by atoms with Gasteiger partial charge in [0, 0.05) is 13.8 Å². The van der Waals surface area contributed by atoms with Crippen LogP contribution in [0.15, 0.2) is 0 Å². The van der Waals surface area contributed by atoms with Gasteiger partial charge in [-0.3, -0.25) is 9.47 Å². The number of alkyl halides is 5. The molecule has 0 radical (unpaired) electrons. The summed E-state index contributed by atoms with van der Waals surface area (Å²) >= 11 is 0. The molecule has 17 heavy (non-hydrogen) atoms. The Kier molecular flexibility index (Phi) is 5.34. The van der Waals surface area contributed by atoms with Gasteiger partial charge in [0.2, 0.25) is 0 Å². The minimum atomic E-state index is -4.38. The quantitative estimate of drug-likeness (QED) is 0.512. The van der Waals surface area contributed by atoms with Crippen molar-refractivity contribution in [3.8, 4) is 0 Å². The molecule has 2 atom stereocenters. The van der Waals surface area contributed by atoms with Crippen LogP contribution in [-0.4, -0.2) is 24.7 Å². The predicted octanol–water partition coefficient (Wildman–Crippen LogP) is 3.96. The average molecular weight is 264 g/mol. The Bertz CT molecular complexity index is 237. The number of halogens is 5. The van der Waals surface area contributed by atoms with Gasteiger partial charge >= 0.3 is 12.2 Å². The molecule has 2 nitrogen and oxygen atoms in total. The lowest BCUT2D eigenvalue weighted by Crippen LogP contribution is -2.47. The topological polar surface area (TPSA) is 18.5 Å². The first kappa shape index (κ1) is 16.6. The SMILES string of the molecule is CCC(C)COC(F)(F)OC(C)(F)C(C)(F)F. The van der Waals surface area contributed by atoms with Gasteiger partial charge in [-0.05, 0) is 5.92 Å². The third-order valence-electron chi connectivity index (χ3n) is 2.33. The summed E-state index contributed by atoms with van der Waals surface area (Å²) in [5, 5.41) is 0. The third-order valence-corrected chi connectivity index (χ3v) is 2.33. The van der Waals surface area contributed by atoms with Gasteiger partial charge in [-0.1, -0.05) is 20.3 Å². The van der Waals surface area contributed by atoms with E-state index in [0.29, 0.717) is 6.42 Å². The zero-order chi connectivity index (χ0) is 13.9. The Hall–Kier alpha value is -0.430. The summed E-state index contributed by atoms with van der Waals surface area (Å²) in [5.41, 5.74) is 0. The number of hydrogen-bond acceptors (Lipinski definition) is 2. The second-order valence-electron chi connectivity index (χ2n) is 4.20. The molecular weight excluding hydrogens is 247 g/mol. The van der Waals surface area contributed by atoms with E-state index >= 15 is 0 Å². The lowest BCUT2D eigenvalue weighted by atomic mass is 10.1. The van der Waals surface area contributed by atoms with E-state index < -0.39 is 24.7 Å². The molecule has 0 saturated carbocycles. The molecule has 104 valence electrons. The molecule has 0 spiro atoms. The van der Waals surface area contributed by atoms with Crippen molar-refractivity contribution < 1.29 is 31.4 Å². The maximum atomic E-state index is 13.2. The van der Waals surface area contributed by atoms with Gasteiger partial charge in [0.25, 0.3) is 5.85 Å². The van der Waals surface area contributed by atoms with E-state index in [1.165, 1.54) is 0 Å². The molecule has 0 bridgehead atoms. The van der Waals surface area contributed by atoms with Crippen molar-refractivity contribution in [3.63, 3.8) is 0 Å².